The summed E-state index contributed by atoms with van der Waals surface area (Å²) in [6.45, 7) is 9.20. The van der Waals surface area contributed by atoms with Crippen molar-refractivity contribution in [1.29, 1.82) is 0 Å². The lowest BCUT2D eigenvalue weighted by atomic mass is 9.80. The third kappa shape index (κ3) is 3.89. The molecular formula is C24H34N4O4. The monoisotopic (exact) mass is 442 g/mol. The summed E-state index contributed by atoms with van der Waals surface area (Å²) in [5, 5.41) is 0. The normalized spacial score (nSPS) is 26.5. The minimum atomic E-state index is 0.00649. The Morgan fingerprint density at radius 2 is 1.72 bits per heavy atom. The summed E-state index contributed by atoms with van der Waals surface area (Å²) in [6, 6.07) is 8.19. The SMILES string of the molecule is COc1ccc(C(=O)N2C[C@@H]3COCCN3C3(C2)CN(C2CCN(C(C)=O)CC2)C3)cc1. The second-order valence-electron chi connectivity index (χ2n) is 9.70. The van der Waals surface area contributed by atoms with Crippen molar-refractivity contribution in [2.45, 2.75) is 37.4 Å². The van der Waals surface area contributed by atoms with Gasteiger partial charge in [0.25, 0.3) is 5.91 Å². The van der Waals surface area contributed by atoms with Gasteiger partial charge in [0, 0.05) is 64.3 Å². The first-order chi connectivity index (χ1) is 15.5. The first-order valence-electron chi connectivity index (χ1n) is 11.8. The van der Waals surface area contributed by atoms with E-state index in [0.717, 1.165) is 64.5 Å². The molecule has 0 radical (unpaired) electrons. The molecule has 1 aromatic rings. The van der Waals surface area contributed by atoms with Crippen LogP contribution in [-0.2, 0) is 9.53 Å². The van der Waals surface area contributed by atoms with Gasteiger partial charge in [0.05, 0.1) is 31.9 Å². The number of likely N-dealkylation sites (tertiary alicyclic amines) is 2. The zero-order chi connectivity index (χ0) is 22.3. The molecule has 5 rings (SSSR count). The number of hydrogen-bond donors (Lipinski definition) is 0. The van der Waals surface area contributed by atoms with Crippen LogP contribution in [0.5, 0.6) is 5.75 Å². The van der Waals surface area contributed by atoms with Crippen LogP contribution < -0.4 is 4.74 Å². The number of piperidine rings is 1. The quantitative estimate of drug-likeness (QED) is 0.694. The van der Waals surface area contributed by atoms with E-state index in [9.17, 15) is 9.59 Å². The van der Waals surface area contributed by atoms with Crippen LogP contribution >= 0.6 is 0 Å². The number of carbonyl (C=O) groups excluding carboxylic acids is 2. The van der Waals surface area contributed by atoms with Gasteiger partial charge in [-0.15, -0.1) is 0 Å². The van der Waals surface area contributed by atoms with E-state index in [1.165, 1.54) is 0 Å². The first kappa shape index (κ1) is 21.7. The smallest absolute Gasteiger partial charge is 0.253 e. The molecule has 8 heteroatoms. The van der Waals surface area contributed by atoms with E-state index in [4.69, 9.17) is 9.47 Å². The molecule has 1 spiro atoms. The average molecular weight is 443 g/mol. The van der Waals surface area contributed by atoms with Crippen LogP contribution in [0.3, 0.4) is 0 Å². The highest BCUT2D eigenvalue weighted by Crippen LogP contribution is 2.38. The van der Waals surface area contributed by atoms with Gasteiger partial charge in [-0.3, -0.25) is 19.4 Å². The fraction of sp³-hybridized carbons (Fsp3) is 0.667. The molecule has 4 aliphatic rings. The largest absolute Gasteiger partial charge is 0.497 e. The lowest BCUT2D eigenvalue weighted by molar-refractivity contribution is -0.169. The third-order valence-corrected chi connectivity index (χ3v) is 7.80. The Morgan fingerprint density at radius 3 is 2.38 bits per heavy atom. The number of ether oxygens (including phenoxy) is 2. The van der Waals surface area contributed by atoms with Gasteiger partial charge in [-0.05, 0) is 37.1 Å². The molecule has 1 aromatic carbocycles. The van der Waals surface area contributed by atoms with E-state index in [2.05, 4.69) is 9.80 Å². The minimum absolute atomic E-state index is 0.00649. The fourth-order valence-corrected chi connectivity index (χ4v) is 6.06. The maximum Gasteiger partial charge on any atom is 0.253 e. The fourth-order valence-electron chi connectivity index (χ4n) is 6.06. The maximum atomic E-state index is 13.4. The van der Waals surface area contributed by atoms with Gasteiger partial charge < -0.3 is 19.3 Å². The second kappa shape index (κ2) is 8.65. The molecule has 0 aromatic heterocycles. The second-order valence-corrected chi connectivity index (χ2v) is 9.70. The zero-order valence-corrected chi connectivity index (χ0v) is 19.2. The summed E-state index contributed by atoms with van der Waals surface area (Å²) in [6.07, 6.45) is 2.08. The molecule has 0 saturated carbocycles. The molecule has 0 N–H and O–H groups in total. The van der Waals surface area contributed by atoms with Crippen LogP contribution in [0.1, 0.15) is 30.1 Å². The zero-order valence-electron chi connectivity index (χ0n) is 19.2. The average Bonchev–Trinajstić information content (AvgIpc) is 2.81. The lowest BCUT2D eigenvalue weighted by Gasteiger charge is -2.65. The van der Waals surface area contributed by atoms with E-state index >= 15 is 0 Å². The molecule has 8 nitrogen and oxygen atoms in total. The van der Waals surface area contributed by atoms with Gasteiger partial charge in [-0.2, -0.15) is 0 Å². The molecule has 0 bridgehead atoms. The summed E-state index contributed by atoms with van der Waals surface area (Å²) in [5.74, 6) is 1.03. The predicted molar refractivity (Wildman–Crippen MR) is 120 cm³/mol. The van der Waals surface area contributed by atoms with Crippen molar-refractivity contribution in [2.75, 3.05) is 66.1 Å². The molecular weight excluding hydrogens is 408 g/mol. The van der Waals surface area contributed by atoms with Crippen molar-refractivity contribution in [3.05, 3.63) is 29.8 Å². The highest BCUT2D eigenvalue weighted by molar-refractivity contribution is 5.94. The van der Waals surface area contributed by atoms with Gasteiger partial charge in [-0.1, -0.05) is 0 Å². The number of piperazine rings is 1. The number of morpholine rings is 1. The van der Waals surface area contributed by atoms with E-state index in [-0.39, 0.29) is 23.4 Å². The van der Waals surface area contributed by atoms with E-state index in [0.29, 0.717) is 24.8 Å². The first-order valence-corrected chi connectivity index (χ1v) is 11.8. The van der Waals surface area contributed by atoms with Gasteiger partial charge >= 0.3 is 0 Å². The van der Waals surface area contributed by atoms with Crippen molar-refractivity contribution in [3.63, 3.8) is 0 Å². The molecule has 4 saturated heterocycles. The highest BCUT2D eigenvalue weighted by atomic mass is 16.5. The van der Waals surface area contributed by atoms with Crippen molar-refractivity contribution < 1.29 is 19.1 Å². The molecule has 2 amide bonds. The Kier molecular flexibility index (Phi) is 5.86. The van der Waals surface area contributed by atoms with Gasteiger partial charge in [-0.25, -0.2) is 0 Å². The molecule has 4 heterocycles. The van der Waals surface area contributed by atoms with Gasteiger partial charge in [0.2, 0.25) is 5.91 Å². The molecule has 0 aliphatic carbocycles. The summed E-state index contributed by atoms with van der Waals surface area (Å²) in [7, 11) is 1.63. The standard InChI is InChI=1S/C24H34N4O4/c1-18(29)25-9-7-20(8-10-25)27-16-24(17-27)15-26(13-21-14-32-12-11-28(21)24)23(30)19-3-5-22(31-2)6-4-19/h3-6,20-21H,7-17H2,1-2H3/t21-/m1/s1. The summed E-state index contributed by atoms with van der Waals surface area (Å²) >= 11 is 0. The number of hydrogen-bond acceptors (Lipinski definition) is 6. The number of carbonyl (C=O) groups is 2. The Bertz CT molecular complexity index is 846. The number of rotatable bonds is 3. The Morgan fingerprint density at radius 1 is 1.00 bits per heavy atom. The topological polar surface area (TPSA) is 65.6 Å². The highest BCUT2D eigenvalue weighted by Gasteiger charge is 2.56. The van der Waals surface area contributed by atoms with E-state index in [1.54, 1.807) is 14.0 Å². The summed E-state index contributed by atoms with van der Waals surface area (Å²) < 4.78 is 11.0. The Hall–Kier alpha value is -2.16. The number of methoxy groups -OCH3 is 1. The van der Waals surface area contributed by atoms with Crippen LogP contribution in [-0.4, -0.2) is 115 Å². The van der Waals surface area contributed by atoms with Crippen molar-refractivity contribution in [3.8, 4) is 5.75 Å². The number of fused-ring (bicyclic) bond motifs is 2. The van der Waals surface area contributed by atoms with Crippen molar-refractivity contribution in [2.24, 2.45) is 0 Å². The van der Waals surface area contributed by atoms with Crippen LogP contribution in [0.25, 0.3) is 0 Å². The molecule has 174 valence electrons. The van der Waals surface area contributed by atoms with Gasteiger partial charge in [0.1, 0.15) is 5.75 Å². The lowest BCUT2D eigenvalue weighted by Crippen LogP contribution is -2.82. The third-order valence-electron chi connectivity index (χ3n) is 7.80. The number of nitrogens with zero attached hydrogens (tertiary/aromatic N) is 4. The molecule has 4 fully saturated rings. The Labute approximate surface area is 190 Å². The van der Waals surface area contributed by atoms with Crippen molar-refractivity contribution >= 4 is 11.8 Å². The molecule has 32 heavy (non-hydrogen) atoms. The molecule has 4 aliphatic heterocycles. The van der Waals surface area contributed by atoms with Crippen LogP contribution in [0.4, 0.5) is 0 Å². The molecule has 0 unspecified atom stereocenters. The number of amides is 2. The minimum Gasteiger partial charge on any atom is -0.497 e. The summed E-state index contributed by atoms with van der Waals surface area (Å²) in [5.41, 5.74) is 0.714. The van der Waals surface area contributed by atoms with E-state index < -0.39 is 0 Å². The van der Waals surface area contributed by atoms with Gasteiger partial charge in [0.15, 0.2) is 0 Å². The Balaban J connectivity index is 1.28. The summed E-state index contributed by atoms with van der Waals surface area (Å²) in [4.78, 5) is 34.2. The molecule has 1 atom stereocenters. The predicted octanol–water partition coefficient (Wildman–Crippen LogP) is 0.917. The van der Waals surface area contributed by atoms with Crippen LogP contribution in [0.2, 0.25) is 0 Å². The van der Waals surface area contributed by atoms with Crippen molar-refractivity contribution in [1.82, 2.24) is 19.6 Å². The van der Waals surface area contributed by atoms with E-state index in [1.807, 2.05) is 34.1 Å². The van der Waals surface area contributed by atoms with Crippen LogP contribution in [0, 0.1) is 0 Å². The van der Waals surface area contributed by atoms with Crippen LogP contribution in [0.15, 0.2) is 24.3 Å². The number of benzene rings is 1. The maximum absolute atomic E-state index is 13.4.